The van der Waals surface area contributed by atoms with Gasteiger partial charge in [-0.05, 0) is 64.2 Å². The molecule has 2 aromatic carbocycles. The zero-order valence-corrected chi connectivity index (χ0v) is 21.8. The van der Waals surface area contributed by atoms with Gasteiger partial charge in [0.05, 0.1) is 25.3 Å². The second-order valence-electron chi connectivity index (χ2n) is 8.70. The lowest BCUT2D eigenvalue weighted by Gasteiger charge is -2.10. The lowest BCUT2D eigenvalue weighted by Crippen LogP contribution is -2.31. The zero-order chi connectivity index (χ0) is 26.5. The van der Waals surface area contributed by atoms with Gasteiger partial charge in [0.15, 0.2) is 0 Å². The van der Waals surface area contributed by atoms with Crippen LogP contribution in [0, 0.1) is 13.8 Å². The Labute approximate surface area is 212 Å². The summed E-state index contributed by atoms with van der Waals surface area (Å²) in [6.07, 6.45) is 0.234. The lowest BCUT2D eigenvalue weighted by atomic mass is 10.1. The number of benzene rings is 2. The molecule has 1 amide bonds. The van der Waals surface area contributed by atoms with Gasteiger partial charge in [-0.3, -0.25) is 14.4 Å². The third-order valence-electron chi connectivity index (χ3n) is 5.14. The first kappa shape index (κ1) is 28.5. The molecule has 1 aromatic heterocycles. The van der Waals surface area contributed by atoms with E-state index in [1.165, 1.54) is 16.3 Å². The number of aryl methyl sites for hydroxylation is 2. The Morgan fingerprint density at radius 1 is 1.00 bits per heavy atom. The van der Waals surface area contributed by atoms with E-state index in [4.69, 9.17) is 4.74 Å². The van der Waals surface area contributed by atoms with Gasteiger partial charge in [-0.2, -0.15) is 5.10 Å². The first-order valence-corrected chi connectivity index (χ1v) is 12.0. The molecule has 0 saturated heterocycles. The summed E-state index contributed by atoms with van der Waals surface area (Å²) in [6, 6.07) is 18.3. The van der Waals surface area contributed by atoms with Crippen molar-refractivity contribution in [3.63, 3.8) is 0 Å². The first-order valence-electron chi connectivity index (χ1n) is 12.0. The molecule has 3 aromatic rings. The van der Waals surface area contributed by atoms with Crippen LogP contribution in [0.15, 0.2) is 65.5 Å². The minimum Gasteiger partial charge on any atom is -0.466 e. The van der Waals surface area contributed by atoms with Gasteiger partial charge < -0.3 is 15.0 Å². The molecule has 0 aliphatic rings. The van der Waals surface area contributed by atoms with Crippen molar-refractivity contribution in [1.82, 2.24) is 20.0 Å². The fourth-order valence-corrected chi connectivity index (χ4v) is 3.25. The van der Waals surface area contributed by atoms with Crippen molar-refractivity contribution in [2.24, 2.45) is 0 Å². The number of carbonyl (C=O) groups excluding carboxylic acids is 2. The average Bonchev–Trinajstić information content (AvgIpc) is 2.82. The van der Waals surface area contributed by atoms with E-state index < -0.39 is 0 Å². The largest absolute Gasteiger partial charge is 0.466 e. The second kappa shape index (κ2) is 14.6. The van der Waals surface area contributed by atoms with Crippen LogP contribution < -0.4 is 10.9 Å². The van der Waals surface area contributed by atoms with E-state index in [2.05, 4.69) is 10.4 Å². The molecule has 0 radical (unpaired) electrons. The maximum Gasteiger partial charge on any atom is 0.310 e. The summed E-state index contributed by atoms with van der Waals surface area (Å²) in [5.41, 5.74) is 4.33. The molecule has 8 nitrogen and oxygen atoms in total. The number of aromatic nitrogens is 2. The third-order valence-corrected chi connectivity index (χ3v) is 5.14. The molecule has 0 spiro atoms. The Balaban J connectivity index is 0.000000269. The number of ether oxygens (including phenoxy) is 1. The number of hydrogen-bond acceptors (Lipinski definition) is 6. The van der Waals surface area contributed by atoms with Gasteiger partial charge >= 0.3 is 5.97 Å². The van der Waals surface area contributed by atoms with Gasteiger partial charge in [0.25, 0.3) is 11.5 Å². The zero-order valence-electron chi connectivity index (χ0n) is 21.8. The van der Waals surface area contributed by atoms with Crippen molar-refractivity contribution < 1.29 is 14.3 Å². The predicted octanol–water partition coefficient (Wildman–Crippen LogP) is 2.99. The van der Waals surface area contributed by atoms with E-state index in [0.717, 1.165) is 28.9 Å². The van der Waals surface area contributed by atoms with Crippen LogP contribution in [-0.2, 0) is 22.5 Å². The normalized spacial score (nSPS) is 10.4. The molecule has 1 heterocycles. The molecule has 0 fully saturated rings. The number of nitrogens with one attached hydrogen (secondary N) is 1. The van der Waals surface area contributed by atoms with E-state index in [0.29, 0.717) is 19.7 Å². The van der Waals surface area contributed by atoms with Crippen molar-refractivity contribution in [2.45, 2.75) is 33.7 Å². The number of esters is 1. The number of nitrogens with zero attached hydrogens (tertiary/aromatic N) is 3. The lowest BCUT2D eigenvalue weighted by molar-refractivity contribution is -0.142. The van der Waals surface area contributed by atoms with Crippen molar-refractivity contribution in [1.29, 1.82) is 0 Å². The van der Waals surface area contributed by atoms with Crippen LogP contribution in [0.25, 0.3) is 0 Å². The quantitative estimate of drug-likeness (QED) is 0.462. The van der Waals surface area contributed by atoms with E-state index in [9.17, 15) is 14.4 Å². The van der Waals surface area contributed by atoms with Gasteiger partial charge in [-0.15, -0.1) is 0 Å². The number of amides is 1. The Morgan fingerprint density at radius 2 is 1.69 bits per heavy atom. The van der Waals surface area contributed by atoms with E-state index in [1.807, 2.05) is 81.4 Å². The highest BCUT2D eigenvalue weighted by Crippen LogP contribution is 2.08. The maximum atomic E-state index is 11.7. The highest BCUT2D eigenvalue weighted by atomic mass is 16.5. The van der Waals surface area contributed by atoms with E-state index in [-0.39, 0.29) is 23.9 Å². The van der Waals surface area contributed by atoms with Crippen molar-refractivity contribution in [3.8, 4) is 0 Å². The third kappa shape index (κ3) is 10.2. The van der Waals surface area contributed by atoms with Crippen LogP contribution in [0.1, 0.15) is 39.7 Å². The van der Waals surface area contributed by atoms with Gasteiger partial charge in [0, 0.05) is 24.7 Å². The fourth-order valence-electron chi connectivity index (χ4n) is 3.25. The molecular weight excluding hydrogens is 456 g/mol. The molecule has 0 aliphatic heterocycles. The van der Waals surface area contributed by atoms with E-state index >= 15 is 0 Å². The standard InChI is InChI=1S/C16H18N2O3.C12H18N2O/c1-3-21-16(20)10-13-5-4-6-14(9-13)11-18-15(19)8-7-12(2)17-18;1-10-4-6-11(7-5-10)12(15)13-8-9-14(2)3/h4-9H,3,10-11H2,1-2H3;4-7H,8-9H2,1-3H3,(H,13,15). The van der Waals surface area contributed by atoms with E-state index in [1.54, 1.807) is 13.0 Å². The molecule has 36 heavy (non-hydrogen) atoms. The van der Waals surface area contributed by atoms with Gasteiger partial charge in [0.2, 0.25) is 0 Å². The fraction of sp³-hybridized carbons (Fsp3) is 0.357. The topological polar surface area (TPSA) is 93.5 Å². The Morgan fingerprint density at radius 3 is 2.36 bits per heavy atom. The molecule has 0 bridgehead atoms. The SMILES string of the molecule is CCOC(=O)Cc1cccc(Cn2nc(C)ccc2=O)c1.Cc1ccc(C(=O)NCCN(C)C)cc1. The summed E-state index contributed by atoms with van der Waals surface area (Å²) >= 11 is 0. The minimum atomic E-state index is -0.250. The average molecular weight is 493 g/mol. The maximum absolute atomic E-state index is 11.7. The molecule has 8 heteroatoms. The van der Waals surface area contributed by atoms with Gasteiger partial charge in [-0.25, -0.2) is 4.68 Å². The summed E-state index contributed by atoms with van der Waals surface area (Å²) in [7, 11) is 3.97. The monoisotopic (exact) mass is 492 g/mol. The minimum absolute atomic E-state index is 0.00292. The number of hydrogen-bond donors (Lipinski definition) is 1. The van der Waals surface area contributed by atoms with Crippen LogP contribution in [0.5, 0.6) is 0 Å². The molecule has 0 saturated carbocycles. The molecule has 0 unspecified atom stereocenters. The van der Waals surface area contributed by atoms with Gasteiger partial charge in [0.1, 0.15) is 0 Å². The van der Waals surface area contributed by atoms with Crippen LogP contribution >= 0.6 is 0 Å². The first-order chi connectivity index (χ1) is 17.2. The summed E-state index contributed by atoms with van der Waals surface area (Å²) in [6.45, 7) is 7.93. The van der Waals surface area contributed by atoms with Crippen molar-refractivity contribution in [3.05, 3.63) is 99.0 Å². The molecular formula is C28H36N4O4. The molecule has 3 rings (SSSR count). The van der Waals surface area contributed by atoms with Gasteiger partial charge in [-0.1, -0.05) is 42.0 Å². The van der Waals surface area contributed by atoms with Crippen molar-refractivity contribution >= 4 is 11.9 Å². The highest BCUT2D eigenvalue weighted by molar-refractivity contribution is 5.94. The highest BCUT2D eigenvalue weighted by Gasteiger charge is 2.06. The Kier molecular flexibility index (Phi) is 11.5. The van der Waals surface area contributed by atoms with Crippen LogP contribution in [0.2, 0.25) is 0 Å². The molecule has 0 atom stereocenters. The smallest absolute Gasteiger partial charge is 0.310 e. The van der Waals surface area contributed by atoms with Crippen LogP contribution in [0.3, 0.4) is 0 Å². The molecule has 0 aliphatic carbocycles. The van der Waals surface area contributed by atoms with Crippen LogP contribution in [-0.4, -0.2) is 60.3 Å². The molecule has 192 valence electrons. The summed E-state index contributed by atoms with van der Waals surface area (Å²) in [5, 5.41) is 7.07. The number of rotatable bonds is 9. The second-order valence-corrected chi connectivity index (χ2v) is 8.70. The van der Waals surface area contributed by atoms with Crippen LogP contribution in [0.4, 0.5) is 0 Å². The Bertz CT molecular complexity index is 1190. The number of carbonyl (C=O) groups is 2. The summed E-state index contributed by atoms with van der Waals surface area (Å²) < 4.78 is 6.35. The number of likely N-dealkylation sites (N-methyl/N-ethyl adjacent to an activating group) is 1. The van der Waals surface area contributed by atoms with Crippen molar-refractivity contribution in [2.75, 3.05) is 33.8 Å². The predicted molar refractivity (Wildman–Crippen MR) is 141 cm³/mol. The Hall–Kier alpha value is -3.78. The summed E-state index contributed by atoms with van der Waals surface area (Å²) in [4.78, 5) is 36.9. The summed E-state index contributed by atoms with van der Waals surface area (Å²) in [5.74, 6) is -0.252. The molecule has 1 N–H and O–H groups in total.